The van der Waals surface area contributed by atoms with Crippen molar-refractivity contribution < 1.29 is 4.79 Å². The molecular weight excluding hydrogens is 308 g/mol. The lowest BCUT2D eigenvalue weighted by molar-refractivity contribution is -0.131. The van der Waals surface area contributed by atoms with Gasteiger partial charge < -0.3 is 4.90 Å². The number of hydrogen-bond acceptors (Lipinski definition) is 4. The monoisotopic (exact) mass is 330 g/mol. The van der Waals surface area contributed by atoms with Gasteiger partial charge in [0.1, 0.15) is 6.33 Å². The van der Waals surface area contributed by atoms with Crippen LogP contribution in [0.2, 0.25) is 0 Å². The van der Waals surface area contributed by atoms with Crippen molar-refractivity contribution in [1.29, 1.82) is 0 Å². The lowest BCUT2D eigenvalue weighted by Gasteiger charge is -2.31. The van der Waals surface area contributed by atoms with Gasteiger partial charge in [0, 0.05) is 18.8 Å². The molecule has 3 rings (SSSR count). The van der Waals surface area contributed by atoms with Crippen molar-refractivity contribution in [3.63, 3.8) is 0 Å². The van der Waals surface area contributed by atoms with Crippen molar-refractivity contribution in [2.24, 2.45) is 5.92 Å². The molecule has 1 atom stereocenters. The first-order valence-corrected chi connectivity index (χ1v) is 8.94. The molecule has 0 saturated carbocycles. The van der Waals surface area contributed by atoms with E-state index in [-0.39, 0.29) is 11.2 Å². The molecule has 1 fully saturated rings. The zero-order valence-electron chi connectivity index (χ0n) is 13.6. The van der Waals surface area contributed by atoms with Crippen molar-refractivity contribution in [2.45, 2.75) is 37.1 Å². The van der Waals surface area contributed by atoms with Crippen LogP contribution in [0.3, 0.4) is 0 Å². The predicted octanol–water partition coefficient (Wildman–Crippen LogP) is 3.01. The summed E-state index contributed by atoms with van der Waals surface area (Å²) in [6.45, 7) is 5.95. The Labute approximate surface area is 141 Å². The fraction of sp³-hybridized carbons (Fsp3) is 0.471. The third kappa shape index (κ3) is 3.75. The molecule has 0 radical (unpaired) electrons. The van der Waals surface area contributed by atoms with Crippen LogP contribution in [0, 0.1) is 5.92 Å². The maximum atomic E-state index is 12.6. The fourth-order valence-corrected chi connectivity index (χ4v) is 3.69. The molecule has 1 aromatic heterocycles. The average molecular weight is 330 g/mol. The lowest BCUT2D eigenvalue weighted by atomic mass is 9.99. The minimum absolute atomic E-state index is 0.157. The molecule has 2 heterocycles. The van der Waals surface area contributed by atoms with Gasteiger partial charge in [-0.3, -0.25) is 9.36 Å². The van der Waals surface area contributed by atoms with Crippen molar-refractivity contribution in [2.75, 3.05) is 13.1 Å². The zero-order valence-corrected chi connectivity index (χ0v) is 14.4. The van der Waals surface area contributed by atoms with E-state index >= 15 is 0 Å². The SMILES string of the molecule is CC1CCN(C(=O)[C@@H](C)Sc2nncn2-c2ccccc2)CC1. The number of piperidine rings is 1. The highest BCUT2D eigenvalue weighted by Gasteiger charge is 2.26. The van der Waals surface area contributed by atoms with Crippen LogP contribution in [0.4, 0.5) is 0 Å². The molecule has 23 heavy (non-hydrogen) atoms. The average Bonchev–Trinajstić information content (AvgIpc) is 3.04. The van der Waals surface area contributed by atoms with Crippen LogP contribution in [0.1, 0.15) is 26.7 Å². The largest absolute Gasteiger partial charge is 0.342 e. The Hall–Kier alpha value is -1.82. The summed E-state index contributed by atoms with van der Waals surface area (Å²) < 4.78 is 1.92. The summed E-state index contributed by atoms with van der Waals surface area (Å²) >= 11 is 1.47. The van der Waals surface area contributed by atoms with Crippen molar-refractivity contribution in [3.05, 3.63) is 36.7 Å². The first-order chi connectivity index (χ1) is 11.1. The quantitative estimate of drug-likeness (QED) is 0.809. The van der Waals surface area contributed by atoms with Gasteiger partial charge in [0.15, 0.2) is 5.16 Å². The van der Waals surface area contributed by atoms with E-state index in [1.54, 1.807) is 6.33 Å². The van der Waals surface area contributed by atoms with Crippen LogP contribution in [-0.2, 0) is 4.79 Å². The number of aromatic nitrogens is 3. The molecule has 1 aromatic carbocycles. The number of carbonyl (C=O) groups is 1. The van der Waals surface area contributed by atoms with E-state index in [0.717, 1.165) is 42.7 Å². The number of carbonyl (C=O) groups excluding carboxylic acids is 1. The highest BCUT2D eigenvalue weighted by atomic mass is 32.2. The van der Waals surface area contributed by atoms with Crippen LogP contribution in [0.15, 0.2) is 41.8 Å². The smallest absolute Gasteiger partial charge is 0.235 e. The van der Waals surface area contributed by atoms with E-state index < -0.39 is 0 Å². The van der Waals surface area contributed by atoms with Gasteiger partial charge in [-0.25, -0.2) is 0 Å². The summed E-state index contributed by atoms with van der Waals surface area (Å²) in [5.74, 6) is 0.924. The van der Waals surface area contributed by atoms with Crippen LogP contribution >= 0.6 is 11.8 Å². The van der Waals surface area contributed by atoms with E-state index in [9.17, 15) is 4.79 Å². The molecule has 0 aliphatic carbocycles. The van der Waals surface area contributed by atoms with Gasteiger partial charge in [-0.2, -0.15) is 0 Å². The number of benzene rings is 1. The second-order valence-corrected chi connectivity index (χ2v) is 7.39. The topological polar surface area (TPSA) is 51.0 Å². The third-order valence-electron chi connectivity index (χ3n) is 4.28. The predicted molar refractivity (Wildman–Crippen MR) is 91.7 cm³/mol. The standard InChI is InChI=1S/C17H22N4OS/c1-13-8-10-20(11-9-13)16(22)14(2)23-17-19-18-12-21(17)15-6-4-3-5-7-15/h3-7,12-14H,8-11H2,1-2H3/t14-/m1/s1. The molecule has 0 bridgehead atoms. The molecule has 1 aliphatic rings. The van der Waals surface area contributed by atoms with E-state index in [4.69, 9.17) is 0 Å². The molecule has 0 N–H and O–H groups in total. The van der Waals surface area contributed by atoms with Gasteiger partial charge in [-0.15, -0.1) is 10.2 Å². The molecule has 1 saturated heterocycles. The Morgan fingerprint density at radius 3 is 2.65 bits per heavy atom. The van der Waals surface area contributed by atoms with Gasteiger partial charge in [-0.1, -0.05) is 36.9 Å². The number of amides is 1. The number of rotatable bonds is 4. The van der Waals surface area contributed by atoms with Crippen molar-refractivity contribution in [3.8, 4) is 5.69 Å². The van der Waals surface area contributed by atoms with Gasteiger partial charge in [-0.05, 0) is 37.8 Å². The molecule has 5 nitrogen and oxygen atoms in total. The number of nitrogens with zero attached hydrogens (tertiary/aromatic N) is 4. The van der Waals surface area contributed by atoms with Gasteiger partial charge in [0.05, 0.1) is 5.25 Å². The highest BCUT2D eigenvalue weighted by molar-refractivity contribution is 8.00. The summed E-state index contributed by atoms with van der Waals surface area (Å²) in [5.41, 5.74) is 1.01. The summed E-state index contributed by atoms with van der Waals surface area (Å²) in [7, 11) is 0. The number of thioether (sulfide) groups is 1. The third-order valence-corrected chi connectivity index (χ3v) is 5.32. The summed E-state index contributed by atoms with van der Waals surface area (Å²) in [5, 5.41) is 8.77. The van der Waals surface area contributed by atoms with E-state index in [1.807, 2.05) is 46.7 Å². The van der Waals surface area contributed by atoms with Crippen molar-refractivity contribution >= 4 is 17.7 Å². The lowest BCUT2D eigenvalue weighted by Crippen LogP contribution is -2.41. The molecule has 1 amide bonds. The van der Waals surface area contributed by atoms with Gasteiger partial charge in [0.25, 0.3) is 0 Å². The van der Waals surface area contributed by atoms with Crippen LogP contribution < -0.4 is 0 Å². The van der Waals surface area contributed by atoms with E-state index in [2.05, 4.69) is 17.1 Å². The normalized spacial score (nSPS) is 17.2. The minimum atomic E-state index is -0.157. The maximum absolute atomic E-state index is 12.6. The van der Waals surface area contributed by atoms with Gasteiger partial charge >= 0.3 is 0 Å². The van der Waals surface area contributed by atoms with Crippen molar-refractivity contribution in [1.82, 2.24) is 19.7 Å². The molecular formula is C17H22N4OS. The summed E-state index contributed by atoms with van der Waals surface area (Å²) in [6.07, 6.45) is 3.89. The minimum Gasteiger partial charge on any atom is -0.342 e. The number of para-hydroxylation sites is 1. The zero-order chi connectivity index (χ0) is 16.2. The maximum Gasteiger partial charge on any atom is 0.235 e. The first-order valence-electron chi connectivity index (χ1n) is 8.06. The Morgan fingerprint density at radius 1 is 1.26 bits per heavy atom. The van der Waals surface area contributed by atoms with E-state index in [1.165, 1.54) is 11.8 Å². The number of hydrogen-bond donors (Lipinski definition) is 0. The van der Waals surface area contributed by atoms with Crippen LogP contribution in [-0.4, -0.2) is 43.9 Å². The Morgan fingerprint density at radius 2 is 1.96 bits per heavy atom. The second kappa shape index (κ2) is 7.17. The van der Waals surface area contributed by atoms with Crippen LogP contribution in [0.25, 0.3) is 5.69 Å². The molecule has 6 heteroatoms. The second-order valence-electron chi connectivity index (χ2n) is 6.09. The molecule has 0 unspecified atom stereocenters. The molecule has 0 spiro atoms. The molecule has 122 valence electrons. The van der Waals surface area contributed by atoms with E-state index in [0.29, 0.717) is 0 Å². The Kier molecular flexibility index (Phi) is 5.00. The fourth-order valence-electron chi connectivity index (χ4n) is 2.77. The molecule has 2 aromatic rings. The molecule has 1 aliphatic heterocycles. The van der Waals surface area contributed by atoms with Gasteiger partial charge in [0.2, 0.25) is 5.91 Å². The summed E-state index contributed by atoms with van der Waals surface area (Å²) in [4.78, 5) is 14.6. The van der Waals surface area contributed by atoms with Crippen LogP contribution in [0.5, 0.6) is 0 Å². The highest BCUT2D eigenvalue weighted by Crippen LogP contribution is 2.26. The Bertz CT molecular complexity index is 650. The Balaban J connectivity index is 1.68. The first kappa shape index (κ1) is 16.1. The summed E-state index contributed by atoms with van der Waals surface area (Å²) in [6, 6.07) is 9.95. The number of likely N-dealkylation sites (tertiary alicyclic amines) is 1.